The number of phosphoric acid groups is 1. The highest BCUT2D eigenvalue weighted by Gasteiger charge is 2.37. The minimum Gasteiger partial charge on any atom is -0.373 e. The molecule has 0 radical (unpaired) electrons. The Kier molecular flexibility index (Phi) is 10.2. The van der Waals surface area contributed by atoms with E-state index >= 15 is 0 Å². The lowest BCUT2D eigenvalue weighted by molar-refractivity contribution is 0.00156. The van der Waals surface area contributed by atoms with Gasteiger partial charge in [-0.15, -0.1) is 0 Å². The molecule has 3 unspecified atom stereocenters. The molecular weight excluding hydrogens is 362 g/mol. The molecule has 0 aromatic rings. The third-order valence-electron chi connectivity index (χ3n) is 3.21. The molecule has 144 valence electrons. The summed E-state index contributed by atoms with van der Waals surface area (Å²) in [5.41, 5.74) is 0. The van der Waals surface area contributed by atoms with Gasteiger partial charge in [-0.2, -0.15) is 0 Å². The van der Waals surface area contributed by atoms with E-state index in [1.165, 1.54) is 0 Å². The van der Waals surface area contributed by atoms with Gasteiger partial charge in [0.2, 0.25) is 0 Å². The molecule has 0 aromatic heterocycles. The molecule has 1 saturated heterocycles. The van der Waals surface area contributed by atoms with Crippen LogP contribution in [0.2, 0.25) is 0 Å². The zero-order valence-corrected chi connectivity index (χ0v) is 16.0. The van der Waals surface area contributed by atoms with Crippen molar-refractivity contribution in [1.82, 2.24) is 0 Å². The molecule has 0 aliphatic carbocycles. The minimum absolute atomic E-state index is 0.125. The molecule has 0 spiro atoms. The van der Waals surface area contributed by atoms with Crippen molar-refractivity contribution in [3.8, 4) is 0 Å². The van der Waals surface area contributed by atoms with Crippen molar-refractivity contribution in [3.05, 3.63) is 0 Å². The van der Waals surface area contributed by atoms with Crippen LogP contribution in [0.15, 0.2) is 0 Å². The molecule has 2 N–H and O–H groups in total. The Labute approximate surface area is 142 Å². The Morgan fingerprint density at radius 2 is 1.88 bits per heavy atom. The average molecular weight is 390 g/mol. The topological polar surface area (TPSA) is 121 Å². The first-order valence-corrected chi connectivity index (χ1v) is 11.4. The molecule has 1 aliphatic rings. The summed E-state index contributed by atoms with van der Waals surface area (Å²) in [5, 5.41) is 0. The summed E-state index contributed by atoms with van der Waals surface area (Å²) in [6.45, 7) is 4.37. The van der Waals surface area contributed by atoms with E-state index in [0.717, 1.165) is 12.8 Å². The van der Waals surface area contributed by atoms with Crippen molar-refractivity contribution in [2.45, 2.75) is 51.7 Å². The summed E-state index contributed by atoms with van der Waals surface area (Å²) in [6.07, 6.45) is 0.717. The number of unbranched alkanes of at least 4 members (excludes halogenated alkanes) is 1. The molecule has 24 heavy (non-hydrogen) atoms. The van der Waals surface area contributed by atoms with Gasteiger partial charge in [0.05, 0.1) is 13.2 Å². The number of phosphoric ester groups is 1. The number of hydrogen-bond donors (Lipinski definition) is 2. The van der Waals surface area contributed by atoms with E-state index in [2.05, 4.69) is 0 Å². The third kappa shape index (κ3) is 9.04. The highest BCUT2D eigenvalue weighted by Crippen LogP contribution is 2.47. The highest BCUT2D eigenvalue weighted by atomic mass is 31.2. The molecule has 1 aliphatic heterocycles. The Hall–Kier alpha value is 0.180. The first kappa shape index (κ1) is 22.2. The largest absolute Gasteiger partial charge is 0.472 e. The molecule has 0 bridgehead atoms. The second-order valence-electron chi connectivity index (χ2n) is 5.47. The van der Waals surface area contributed by atoms with Crippen molar-refractivity contribution in [2.24, 2.45) is 0 Å². The van der Waals surface area contributed by atoms with Crippen molar-refractivity contribution in [1.29, 1.82) is 0 Å². The van der Waals surface area contributed by atoms with Gasteiger partial charge < -0.3 is 23.8 Å². The lowest BCUT2D eigenvalue weighted by Gasteiger charge is -2.22. The van der Waals surface area contributed by atoms with Crippen LogP contribution < -0.4 is 0 Å². The zero-order chi connectivity index (χ0) is 18.1. The van der Waals surface area contributed by atoms with E-state index in [1.54, 1.807) is 0 Å². The van der Waals surface area contributed by atoms with Crippen molar-refractivity contribution in [2.75, 3.05) is 32.8 Å². The number of rotatable bonds is 13. The lowest BCUT2D eigenvalue weighted by Crippen LogP contribution is -2.28. The van der Waals surface area contributed by atoms with Crippen LogP contribution in [-0.4, -0.2) is 54.8 Å². The zero-order valence-electron chi connectivity index (χ0n) is 14.2. The SMILES string of the molecule is CCCCOP(=O)(O)OC1CCO[C@@H]1COP(=O)(O)COCCC. The summed E-state index contributed by atoms with van der Waals surface area (Å²) in [7, 11) is -8.08. The fourth-order valence-electron chi connectivity index (χ4n) is 1.98. The van der Waals surface area contributed by atoms with Crippen LogP contribution in [0.5, 0.6) is 0 Å². The Balaban J connectivity index is 2.42. The lowest BCUT2D eigenvalue weighted by atomic mass is 10.2. The van der Waals surface area contributed by atoms with E-state index in [-0.39, 0.29) is 13.2 Å². The molecule has 1 fully saturated rings. The molecule has 4 atom stereocenters. The van der Waals surface area contributed by atoms with Gasteiger partial charge in [-0.05, 0) is 12.8 Å². The quantitative estimate of drug-likeness (QED) is 0.361. The summed E-state index contributed by atoms with van der Waals surface area (Å²) < 4.78 is 48.9. The second kappa shape index (κ2) is 11.0. The predicted octanol–water partition coefficient (Wildman–Crippen LogP) is 2.66. The van der Waals surface area contributed by atoms with Gasteiger partial charge in [-0.25, -0.2) is 4.57 Å². The maximum Gasteiger partial charge on any atom is 0.472 e. The summed E-state index contributed by atoms with van der Waals surface area (Å²) >= 11 is 0. The number of ether oxygens (including phenoxy) is 2. The van der Waals surface area contributed by atoms with E-state index in [9.17, 15) is 18.9 Å². The summed E-state index contributed by atoms with van der Waals surface area (Å²) in [6, 6.07) is 0. The molecule has 0 saturated carbocycles. The van der Waals surface area contributed by atoms with Crippen molar-refractivity contribution in [3.63, 3.8) is 0 Å². The van der Waals surface area contributed by atoms with Gasteiger partial charge in [0.1, 0.15) is 18.6 Å². The second-order valence-corrected chi connectivity index (χ2v) is 8.67. The molecule has 0 aromatic carbocycles. The highest BCUT2D eigenvalue weighted by molar-refractivity contribution is 7.52. The van der Waals surface area contributed by atoms with Gasteiger partial charge in [-0.3, -0.25) is 13.6 Å². The van der Waals surface area contributed by atoms with Gasteiger partial charge in [0.25, 0.3) is 0 Å². The first-order valence-electron chi connectivity index (χ1n) is 8.11. The fourth-order valence-corrected chi connectivity index (χ4v) is 3.80. The van der Waals surface area contributed by atoms with E-state index < -0.39 is 34.0 Å². The van der Waals surface area contributed by atoms with Crippen LogP contribution in [0, 0.1) is 0 Å². The fraction of sp³-hybridized carbons (Fsp3) is 1.00. The summed E-state index contributed by atoms with van der Waals surface area (Å²) in [5.74, 6) is 0. The van der Waals surface area contributed by atoms with Gasteiger partial charge >= 0.3 is 15.4 Å². The number of hydrogen-bond acceptors (Lipinski definition) is 7. The Morgan fingerprint density at radius 1 is 1.12 bits per heavy atom. The third-order valence-corrected chi connectivity index (χ3v) is 5.32. The molecule has 9 nitrogen and oxygen atoms in total. The van der Waals surface area contributed by atoms with Crippen molar-refractivity contribution < 1.29 is 42.0 Å². The van der Waals surface area contributed by atoms with Crippen LogP contribution in [0.3, 0.4) is 0 Å². The van der Waals surface area contributed by atoms with Crippen molar-refractivity contribution >= 4 is 15.4 Å². The van der Waals surface area contributed by atoms with E-state index in [1.807, 2.05) is 13.8 Å². The Bertz CT molecular complexity index is 445. The van der Waals surface area contributed by atoms with Crippen LogP contribution >= 0.6 is 15.4 Å². The van der Waals surface area contributed by atoms with Crippen LogP contribution in [0.25, 0.3) is 0 Å². The van der Waals surface area contributed by atoms with Crippen LogP contribution in [-0.2, 0) is 32.2 Å². The molecule has 1 heterocycles. The molecule has 0 amide bonds. The van der Waals surface area contributed by atoms with Gasteiger partial charge in [0, 0.05) is 19.6 Å². The van der Waals surface area contributed by atoms with E-state index in [4.69, 9.17) is 23.0 Å². The normalized spacial score (nSPS) is 26.2. The summed E-state index contributed by atoms with van der Waals surface area (Å²) in [4.78, 5) is 19.3. The maximum atomic E-state index is 11.9. The van der Waals surface area contributed by atoms with Crippen LogP contribution in [0.1, 0.15) is 39.5 Å². The first-order chi connectivity index (χ1) is 11.3. The van der Waals surface area contributed by atoms with Gasteiger partial charge in [0.15, 0.2) is 0 Å². The molecule has 1 rings (SSSR count). The Morgan fingerprint density at radius 3 is 2.54 bits per heavy atom. The van der Waals surface area contributed by atoms with E-state index in [0.29, 0.717) is 26.1 Å². The smallest absolute Gasteiger partial charge is 0.373 e. The standard InChI is InChI=1S/C13H28O9P2/c1-3-5-8-20-24(16,17)22-12-6-9-19-13(12)10-21-23(14,15)11-18-7-4-2/h12-13H,3-11H2,1-2H3,(H,14,15)(H,16,17)/t12?,13-/m1/s1. The maximum absolute atomic E-state index is 11.9. The molecule has 11 heteroatoms. The van der Waals surface area contributed by atoms with Gasteiger partial charge in [-0.1, -0.05) is 20.3 Å². The monoisotopic (exact) mass is 390 g/mol. The van der Waals surface area contributed by atoms with Crippen LogP contribution in [0.4, 0.5) is 0 Å². The molecular formula is C13H28O9P2. The minimum atomic E-state index is -4.19. The average Bonchev–Trinajstić information content (AvgIpc) is 2.92. The predicted molar refractivity (Wildman–Crippen MR) is 86.8 cm³/mol.